The van der Waals surface area contributed by atoms with Crippen LogP contribution in [-0.4, -0.2) is 38.1 Å². The Bertz CT molecular complexity index is 868. The van der Waals surface area contributed by atoms with Crippen LogP contribution >= 0.6 is 0 Å². The number of benzene rings is 2. The molecule has 0 heterocycles. The van der Waals surface area contributed by atoms with E-state index in [4.69, 9.17) is 14.2 Å². The SMILES string of the molecule is COc1ccccc1C(=O)NC(=O)COC(=O)COc1ccc(C(C)(C)C)cc1. The van der Waals surface area contributed by atoms with Crippen LogP contribution in [0.1, 0.15) is 36.7 Å². The highest BCUT2D eigenvalue weighted by atomic mass is 16.6. The Morgan fingerprint density at radius 3 is 2.21 bits per heavy atom. The molecule has 2 rings (SSSR count). The number of imide groups is 1. The lowest BCUT2D eigenvalue weighted by Gasteiger charge is -2.19. The molecular formula is C22H25NO6. The number of hydrogen-bond donors (Lipinski definition) is 1. The Kier molecular flexibility index (Phi) is 7.36. The summed E-state index contributed by atoms with van der Waals surface area (Å²) in [4.78, 5) is 35.7. The number of rotatable bonds is 7. The molecule has 2 aromatic carbocycles. The minimum absolute atomic E-state index is 0.0199. The van der Waals surface area contributed by atoms with Crippen molar-refractivity contribution in [2.45, 2.75) is 26.2 Å². The molecule has 0 aliphatic heterocycles. The highest BCUT2D eigenvalue weighted by Crippen LogP contribution is 2.24. The van der Waals surface area contributed by atoms with E-state index in [0.717, 1.165) is 5.56 Å². The van der Waals surface area contributed by atoms with Crippen LogP contribution < -0.4 is 14.8 Å². The van der Waals surface area contributed by atoms with E-state index in [2.05, 4.69) is 26.1 Å². The molecule has 0 atom stereocenters. The van der Waals surface area contributed by atoms with Crippen LogP contribution in [-0.2, 0) is 19.7 Å². The van der Waals surface area contributed by atoms with Gasteiger partial charge in [0.15, 0.2) is 13.2 Å². The molecule has 0 saturated carbocycles. The van der Waals surface area contributed by atoms with Crippen LogP contribution in [0, 0.1) is 0 Å². The summed E-state index contributed by atoms with van der Waals surface area (Å²) in [5.41, 5.74) is 1.37. The van der Waals surface area contributed by atoms with Crippen LogP contribution in [0.15, 0.2) is 48.5 Å². The third-order valence-electron chi connectivity index (χ3n) is 4.05. The Labute approximate surface area is 170 Å². The molecule has 0 aromatic heterocycles. The average Bonchev–Trinajstić information content (AvgIpc) is 2.70. The van der Waals surface area contributed by atoms with Crippen LogP contribution in [0.4, 0.5) is 0 Å². The summed E-state index contributed by atoms with van der Waals surface area (Å²) in [5, 5.41) is 2.14. The number of nitrogens with one attached hydrogen (secondary N) is 1. The number of ether oxygens (including phenoxy) is 3. The maximum Gasteiger partial charge on any atom is 0.344 e. The van der Waals surface area contributed by atoms with Gasteiger partial charge in [-0.15, -0.1) is 0 Å². The molecule has 0 aliphatic carbocycles. The molecule has 1 N–H and O–H groups in total. The van der Waals surface area contributed by atoms with Gasteiger partial charge in [-0.25, -0.2) is 4.79 Å². The standard InChI is InChI=1S/C22H25NO6/c1-22(2,3)15-9-11-16(12-10-15)28-14-20(25)29-13-19(24)23-21(26)17-7-5-6-8-18(17)27-4/h5-12H,13-14H2,1-4H3,(H,23,24,26). The Hall–Kier alpha value is -3.35. The molecule has 154 valence electrons. The molecule has 7 heteroatoms. The van der Waals surface area contributed by atoms with Crippen molar-refractivity contribution in [1.29, 1.82) is 0 Å². The van der Waals surface area contributed by atoms with Crippen molar-refractivity contribution in [3.8, 4) is 11.5 Å². The highest BCUT2D eigenvalue weighted by Gasteiger charge is 2.16. The van der Waals surface area contributed by atoms with E-state index in [1.54, 1.807) is 30.3 Å². The van der Waals surface area contributed by atoms with Crippen LogP contribution in [0.2, 0.25) is 0 Å². The zero-order chi connectivity index (χ0) is 21.4. The number of carbonyl (C=O) groups is 3. The number of carbonyl (C=O) groups excluding carboxylic acids is 3. The van der Waals surface area contributed by atoms with E-state index in [0.29, 0.717) is 11.5 Å². The minimum atomic E-state index is -0.746. The molecule has 2 aromatic rings. The molecule has 0 unspecified atom stereocenters. The lowest BCUT2D eigenvalue weighted by molar-refractivity contribution is -0.150. The zero-order valence-corrected chi connectivity index (χ0v) is 17.0. The van der Waals surface area contributed by atoms with Gasteiger partial charge in [0.2, 0.25) is 0 Å². The molecule has 2 amide bonds. The number of amides is 2. The Morgan fingerprint density at radius 2 is 1.59 bits per heavy atom. The Balaban J connectivity index is 1.77. The normalized spacial score (nSPS) is 10.8. The maximum atomic E-state index is 12.1. The summed E-state index contributed by atoms with van der Waals surface area (Å²) in [6.45, 7) is 5.37. The van der Waals surface area contributed by atoms with Gasteiger partial charge in [0.05, 0.1) is 12.7 Å². The van der Waals surface area contributed by atoms with Gasteiger partial charge in [0.1, 0.15) is 11.5 Å². The first-order valence-electron chi connectivity index (χ1n) is 9.07. The van der Waals surface area contributed by atoms with E-state index in [1.807, 2.05) is 12.1 Å². The number of hydrogen-bond acceptors (Lipinski definition) is 6. The predicted octanol–water partition coefficient (Wildman–Crippen LogP) is 2.87. The minimum Gasteiger partial charge on any atom is -0.496 e. The van der Waals surface area contributed by atoms with Gasteiger partial charge in [-0.1, -0.05) is 45.0 Å². The summed E-state index contributed by atoms with van der Waals surface area (Å²) < 4.78 is 15.3. The van der Waals surface area contributed by atoms with Gasteiger partial charge in [-0.3, -0.25) is 14.9 Å². The zero-order valence-electron chi connectivity index (χ0n) is 17.0. The fourth-order valence-corrected chi connectivity index (χ4v) is 2.44. The van der Waals surface area contributed by atoms with Gasteiger partial charge in [-0.2, -0.15) is 0 Å². The number of methoxy groups -OCH3 is 1. The predicted molar refractivity (Wildman–Crippen MR) is 107 cm³/mol. The van der Waals surface area contributed by atoms with Crippen molar-refractivity contribution in [3.05, 3.63) is 59.7 Å². The largest absolute Gasteiger partial charge is 0.496 e. The smallest absolute Gasteiger partial charge is 0.344 e. The molecule has 0 fully saturated rings. The number of para-hydroxylation sites is 1. The third kappa shape index (κ3) is 6.64. The molecule has 0 spiro atoms. The van der Waals surface area contributed by atoms with Crippen LogP contribution in [0.3, 0.4) is 0 Å². The van der Waals surface area contributed by atoms with E-state index in [1.165, 1.54) is 13.2 Å². The van der Waals surface area contributed by atoms with Crippen molar-refractivity contribution in [1.82, 2.24) is 5.32 Å². The van der Waals surface area contributed by atoms with E-state index in [9.17, 15) is 14.4 Å². The molecule has 0 saturated heterocycles. The van der Waals surface area contributed by atoms with Crippen molar-refractivity contribution in [2.24, 2.45) is 0 Å². The average molecular weight is 399 g/mol. The molecule has 0 aliphatic rings. The lowest BCUT2D eigenvalue weighted by Crippen LogP contribution is -2.34. The molecule has 0 radical (unpaired) electrons. The molecule has 0 bridgehead atoms. The molecular weight excluding hydrogens is 374 g/mol. The fourth-order valence-electron chi connectivity index (χ4n) is 2.44. The maximum absolute atomic E-state index is 12.1. The van der Waals surface area contributed by atoms with Gasteiger partial charge >= 0.3 is 5.97 Å². The summed E-state index contributed by atoms with van der Waals surface area (Å²) in [5.74, 6) is -1.25. The summed E-state index contributed by atoms with van der Waals surface area (Å²) >= 11 is 0. The molecule has 29 heavy (non-hydrogen) atoms. The quantitative estimate of drug-likeness (QED) is 0.720. The van der Waals surface area contributed by atoms with E-state index < -0.39 is 24.4 Å². The number of esters is 1. The second kappa shape index (κ2) is 9.73. The van der Waals surface area contributed by atoms with Crippen molar-refractivity contribution < 1.29 is 28.6 Å². The van der Waals surface area contributed by atoms with E-state index in [-0.39, 0.29) is 17.6 Å². The fraction of sp³-hybridized carbons (Fsp3) is 0.318. The van der Waals surface area contributed by atoms with Crippen LogP contribution in [0.5, 0.6) is 11.5 Å². The Morgan fingerprint density at radius 1 is 0.931 bits per heavy atom. The first-order valence-corrected chi connectivity index (χ1v) is 9.07. The first kappa shape index (κ1) is 21.9. The van der Waals surface area contributed by atoms with E-state index >= 15 is 0 Å². The topological polar surface area (TPSA) is 90.9 Å². The van der Waals surface area contributed by atoms with Crippen LogP contribution in [0.25, 0.3) is 0 Å². The summed E-state index contributed by atoms with van der Waals surface area (Å²) in [6, 6.07) is 13.9. The second-order valence-electron chi connectivity index (χ2n) is 7.30. The van der Waals surface area contributed by atoms with Gasteiger partial charge in [0, 0.05) is 0 Å². The van der Waals surface area contributed by atoms with Crippen molar-refractivity contribution >= 4 is 17.8 Å². The van der Waals surface area contributed by atoms with Gasteiger partial charge in [-0.05, 0) is 35.2 Å². The van der Waals surface area contributed by atoms with Crippen molar-refractivity contribution in [2.75, 3.05) is 20.3 Å². The monoisotopic (exact) mass is 399 g/mol. The second-order valence-corrected chi connectivity index (χ2v) is 7.30. The highest BCUT2D eigenvalue weighted by molar-refractivity contribution is 6.06. The lowest BCUT2D eigenvalue weighted by atomic mass is 9.87. The van der Waals surface area contributed by atoms with Crippen molar-refractivity contribution in [3.63, 3.8) is 0 Å². The first-order chi connectivity index (χ1) is 13.7. The summed E-state index contributed by atoms with van der Waals surface area (Å²) in [7, 11) is 1.42. The molecule has 7 nitrogen and oxygen atoms in total. The summed E-state index contributed by atoms with van der Waals surface area (Å²) in [6.07, 6.45) is 0. The van der Waals surface area contributed by atoms with Gasteiger partial charge in [0.25, 0.3) is 11.8 Å². The third-order valence-corrected chi connectivity index (χ3v) is 4.05. The van der Waals surface area contributed by atoms with Gasteiger partial charge < -0.3 is 14.2 Å².